The van der Waals surface area contributed by atoms with Crippen LogP contribution in [0.15, 0.2) is 59.8 Å². The first-order valence-corrected chi connectivity index (χ1v) is 9.10. The maximum absolute atomic E-state index is 13.2. The topological polar surface area (TPSA) is 88.9 Å². The lowest BCUT2D eigenvalue weighted by atomic mass is 10.3. The molecule has 0 aliphatic heterocycles. The molecule has 10 heteroatoms. The summed E-state index contributed by atoms with van der Waals surface area (Å²) in [6, 6.07) is 9.62. The predicted molar refractivity (Wildman–Crippen MR) is 91.4 cm³/mol. The lowest BCUT2D eigenvalue weighted by Gasteiger charge is -2.09. The summed E-state index contributed by atoms with van der Waals surface area (Å²) in [6.45, 7) is 0.267. The minimum atomic E-state index is -3.93. The molecule has 7 nitrogen and oxygen atoms in total. The van der Waals surface area contributed by atoms with Gasteiger partial charge in [-0.25, -0.2) is 21.9 Å². The van der Waals surface area contributed by atoms with Gasteiger partial charge in [0.2, 0.25) is 10.0 Å². The van der Waals surface area contributed by atoms with Crippen molar-refractivity contribution in [1.82, 2.24) is 19.5 Å². The van der Waals surface area contributed by atoms with Gasteiger partial charge in [0.25, 0.3) is 0 Å². The van der Waals surface area contributed by atoms with Crippen LogP contribution in [0.4, 0.5) is 14.6 Å². The standard InChI is InChI=1S/C16H15F2N5O2S/c17-13-4-3-12(11-14(13)18)26(24,25)20-8-7-19-15-5-6-16(22-21-15)23-9-1-2-10-23/h1-6,9-11,20H,7-8H2,(H,19,21). The van der Waals surface area contributed by atoms with Crippen LogP contribution in [0.25, 0.3) is 5.82 Å². The van der Waals surface area contributed by atoms with Crippen LogP contribution in [0.5, 0.6) is 0 Å². The molecular weight excluding hydrogens is 364 g/mol. The van der Waals surface area contributed by atoms with Crippen molar-refractivity contribution in [3.8, 4) is 5.82 Å². The van der Waals surface area contributed by atoms with Crippen molar-refractivity contribution in [1.29, 1.82) is 0 Å². The maximum atomic E-state index is 13.2. The summed E-state index contributed by atoms with van der Waals surface area (Å²) in [4.78, 5) is -0.340. The third-order valence-corrected chi connectivity index (χ3v) is 4.90. The number of aromatic nitrogens is 3. The molecular formula is C16H15F2N5O2S. The Kier molecular flexibility index (Phi) is 5.24. The number of hydrogen-bond donors (Lipinski definition) is 2. The Hall–Kier alpha value is -2.85. The van der Waals surface area contributed by atoms with Crippen LogP contribution in [0.1, 0.15) is 0 Å². The fourth-order valence-corrected chi connectivity index (χ4v) is 3.19. The quantitative estimate of drug-likeness (QED) is 0.613. The van der Waals surface area contributed by atoms with Gasteiger partial charge in [0.05, 0.1) is 4.90 Å². The summed E-state index contributed by atoms with van der Waals surface area (Å²) in [7, 11) is -3.93. The third-order valence-electron chi connectivity index (χ3n) is 3.44. The minimum Gasteiger partial charge on any atom is -0.367 e. The van der Waals surface area contributed by atoms with Crippen LogP contribution in [0, 0.1) is 11.6 Å². The number of halogens is 2. The summed E-state index contributed by atoms with van der Waals surface area (Å²) in [6.07, 6.45) is 3.67. The van der Waals surface area contributed by atoms with Gasteiger partial charge in [-0.1, -0.05) is 0 Å². The van der Waals surface area contributed by atoms with Crippen LogP contribution >= 0.6 is 0 Å². The number of anilines is 1. The average molecular weight is 379 g/mol. The van der Waals surface area contributed by atoms with E-state index in [1.807, 2.05) is 24.5 Å². The fourth-order valence-electron chi connectivity index (χ4n) is 2.15. The molecule has 1 aromatic carbocycles. The number of rotatable bonds is 7. The summed E-state index contributed by atoms with van der Waals surface area (Å²) in [5.41, 5.74) is 0. The van der Waals surface area contributed by atoms with Crippen molar-refractivity contribution in [2.75, 3.05) is 18.4 Å². The fraction of sp³-hybridized carbons (Fsp3) is 0.125. The zero-order chi connectivity index (χ0) is 18.6. The van der Waals surface area contributed by atoms with E-state index in [0.29, 0.717) is 17.7 Å². The van der Waals surface area contributed by atoms with Crippen molar-refractivity contribution in [3.05, 3.63) is 66.5 Å². The number of hydrogen-bond acceptors (Lipinski definition) is 5. The van der Waals surface area contributed by atoms with E-state index in [9.17, 15) is 17.2 Å². The molecule has 0 fully saturated rings. The highest BCUT2D eigenvalue weighted by Gasteiger charge is 2.15. The second-order valence-corrected chi connectivity index (χ2v) is 7.03. The smallest absolute Gasteiger partial charge is 0.240 e. The Morgan fingerprint density at radius 3 is 2.38 bits per heavy atom. The zero-order valence-electron chi connectivity index (χ0n) is 13.4. The SMILES string of the molecule is O=S(=O)(NCCNc1ccc(-n2cccc2)nn1)c1ccc(F)c(F)c1. The molecule has 0 aliphatic carbocycles. The molecule has 2 N–H and O–H groups in total. The molecule has 0 unspecified atom stereocenters. The van der Waals surface area contributed by atoms with E-state index < -0.39 is 21.7 Å². The normalized spacial score (nSPS) is 11.5. The van der Waals surface area contributed by atoms with Gasteiger partial charge in [-0.05, 0) is 42.5 Å². The first kappa shape index (κ1) is 18.0. The molecule has 2 aromatic heterocycles. The summed E-state index contributed by atoms with van der Waals surface area (Å²) in [5, 5.41) is 11.0. The Morgan fingerprint density at radius 2 is 1.73 bits per heavy atom. The van der Waals surface area contributed by atoms with Crippen LogP contribution in [-0.4, -0.2) is 36.3 Å². The van der Waals surface area contributed by atoms with Crippen LogP contribution in [0.3, 0.4) is 0 Å². The van der Waals surface area contributed by atoms with Gasteiger partial charge in [0, 0.05) is 25.5 Å². The van der Waals surface area contributed by atoms with Crippen LogP contribution in [0.2, 0.25) is 0 Å². The van der Waals surface area contributed by atoms with E-state index in [2.05, 4.69) is 20.2 Å². The Bertz CT molecular complexity index is 976. The van der Waals surface area contributed by atoms with Gasteiger partial charge in [-0.2, -0.15) is 0 Å². The van der Waals surface area contributed by atoms with Crippen molar-refractivity contribution < 1.29 is 17.2 Å². The molecule has 0 atom stereocenters. The number of nitrogens with zero attached hydrogens (tertiary/aromatic N) is 3. The second-order valence-electron chi connectivity index (χ2n) is 5.27. The molecule has 0 saturated heterocycles. The Balaban J connectivity index is 1.52. The molecule has 0 aliphatic rings. The van der Waals surface area contributed by atoms with Crippen molar-refractivity contribution in [3.63, 3.8) is 0 Å². The van der Waals surface area contributed by atoms with Crippen LogP contribution in [-0.2, 0) is 10.0 Å². The minimum absolute atomic E-state index is 0.0301. The first-order valence-electron chi connectivity index (χ1n) is 7.61. The van der Waals surface area contributed by atoms with Gasteiger partial charge >= 0.3 is 0 Å². The largest absolute Gasteiger partial charge is 0.367 e. The Labute approximate surface area is 148 Å². The van der Waals surface area contributed by atoms with E-state index in [1.54, 1.807) is 16.7 Å². The Morgan fingerprint density at radius 1 is 0.962 bits per heavy atom. The molecule has 0 saturated carbocycles. The lowest BCUT2D eigenvalue weighted by molar-refractivity contribution is 0.504. The van der Waals surface area contributed by atoms with E-state index in [0.717, 1.165) is 12.1 Å². The zero-order valence-corrected chi connectivity index (χ0v) is 14.2. The number of sulfonamides is 1. The van der Waals surface area contributed by atoms with Gasteiger partial charge in [0.1, 0.15) is 5.82 Å². The van der Waals surface area contributed by atoms with Gasteiger partial charge in [-0.3, -0.25) is 0 Å². The van der Waals surface area contributed by atoms with E-state index >= 15 is 0 Å². The molecule has 3 rings (SSSR count). The number of benzene rings is 1. The van der Waals surface area contributed by atoms with Gasteiger partial charge in [0.15, 0.2) is 17.5 Å². The summed E-state index contributed by atoms with van der Waals surface area (Å²) in [5.74, 6) is -1.19. The van der Waals surface area contributed by atoms with Crippen LogP contribution < -0.4 is 10.0 Å². The summed E-state index contributed by atoms with van der Waals surface area (Å²) >= 11 is 0. The monoisotopic (exact) mass is 379 g/mol. The number of nitrogens with one attached hydrogen (secondary N) is 2. The molecule has 26 heavy (non-hydrogen) atoms. The molecule has 136 valence electrons. The maximum Gasteiger partial charge on any atom is 0.240 e. The van der Waals surface area contributed by atoms with Crippen molar-refractivity contribution >= 4 is 15.8 Å². The lowest BCUT2D eigenvalue weighted by Crippen LogP contribution is -2.29. The van der Waals surface area contributed by atoms with Crippen molar-refractivity contribution in [2.24, 2.45) is 0 Å². The first-order chi connectivity index (χ1) is 12.5. The highest BCUT2D eigenvalue weighted by atomic mass is 32.2. The third kappa shape index (κ3) is 4.21. The molecule has 0 spiro atoms. The summed E-state index contributed by atoms with van der Waals surface area (Å²) < 4.78 is 54.2. The molecule has 0 radical (unpaired) electrons. The molecule has 3 aromatic rings. The van der Waals surface area contributed by atoms with E-state index in [4.69, 9.17) is 0 Å². The molecule has 0 amide bonds. The van der Waals surface area contributed by atoms with Gasteiger partial charge < -0.3 is 9.88 Å². The second kappa shape index (κ2) is 7.58. The highest BCUT2D eigenvalue weighted by Crippen LogP contribution is 2.13. The van der Waals surface area contributed by atoms with Crippen molar-refractivity contribution in [2.45, 2.75) is 4.90 Å². The highest BCUT2D eigenvalue weighted by molar-refractivity contribution is 7.89. The average Bonchev–Trinajstić information content (AvgIpc) is 3.16. The molecule has 2 heterocycles. The molecule has 0 bridgehead atoms. The van der Waals surface area contributed by atoms with E-state index in [-0.39, 0.29) is 18.0 Å². The van der Waals surface area contributed by atoms with Gasteiger partial charge in [-0.15, -0.1) is 10.2 Å². The van der Waals surface area contributed by atoms with E-state index in [1.165, 1.54) is 0 Å². The predicted octanol–water partition coefficient (Wildman–Crippen LogP) is 1.94.